The normalized spacial score (nSPS) is 15.4. The van der Waals surface area contributed by atoms with Crippen LogP contribution in [0.4, 0.5) is 4.79 Å². The van der Waals surface area contributed by atoms with Crippen LogP contribution in [0.15, 0.2) is 30.3 Å². The van der Waals surface area contributed by atoms with Crippen molar-refractivity contribution in [3.05, 3.63) is 35.9 Å². The Kier molecular flexibility index (Phi) is 6.21. The van der Waals surface area contributed by atoms with Gasteiger partial charge in [-0.25, -0.2) is 4.79 Å². The molecule has 0 aromatic heterocycles. The number of hydrogen-bond acceptors (Lipinski definition) is 3. The van der Waals surface area contributed by atoms with Crippen molar-refractivity contribution in [2.45, 2.75) is 13.5 Å². The molecule has 6 nitrogen and oxygen atoms in total. The number of hydrogen-bond donors (Lipinski definition) is 2. The smallest absolute Gasteiger partial charge is 0.317 e. The predicted molar refractivity (Wildman–Crippen MR) is 85.4 cm³/mol. The van der Waals surface area contributed by atoms with Gasteiger partial charge in [0.05, 0.1) is 6.54 Å². The number of rotatable bonds is 5. The number of urea groups is 1. The SMILES string of the molecule is CCNC(=O)N1CCN(CC(=O)NCc2ccccc2)CC1. The van der Waals surface area contributed by atoms with Gasteiger partial charge in [-0.05, 0) is 12.5 Å². The van der Waals surface area contributed by atoms with Crippen LogP contribution in [0.1, 0.15) is 12.5 Å². The van der Waals surface area contributed by atoms with E-state index in [-0.39, 0.29) is 11.9 Å². The second-order valence-electron chi connectivity index (χ2n) is 5.36. The van der Waals surface area contributed by atoms with Crippen molar-refractivity contribution in [2.75, 3.05) is 39.3 Å². The molecule has 1 aromatic carbocycles. The summed E-state index contributed by atoms with van der Waals surface area (Å²) in [5.41, 5.74) is 1.09. The fourth-order valence-corrected chi connectivity index (χ4v) is 2.43. The predicted octanol–water partition coefficient (Wildman–Crippen LogP) is 0.650. The van der Waals surface area contributed by atoms with Gasteiger partial charge in [0.2, 0.25) is 5.91 Å². The van der Waals surface area contributed by atoms with E-state index in [4.69, 9.17) is 0 Å². The van der Waals surface area contributed by atoms with E-state index in [0.29, 0.717) is 32.7 Å². The van der Waals surface area contributed by atoms with Gasteiger partial charge in [-0.2, -0.15) is 0 Å². The molecule has 1 aliphatic rings. The van der Waals surface area contributed by atoms with Crippen molar-refractivity contribution in [1.82, 2.24) is 20.4 Å². The first kappa shape index (κ1) is 16.3. The average molecular weight is 304 g/mol. The Morgan fingerprint density at radius 1 is 1.05 bits per heavy atom. The molecule has 3 amide bonds. The number of carbonyl (C=O) groups is 2. The van der Waals surface area contributed by atoms with E-state index in [1.807, 2.05) is 37.3 Å². The van der Waals surface area contributed by atoms with Crippen LogP contribution in [-0.4, -0.2) is 61.0 Å². The Labute approximate surface area is 131 Å². The third-order valence-electron chi connectivity index (χ3n) is 3.69. The first-order chi connectivity index (χ1) is 10.7. The number of benzene rings is 1. The highest BCUT2D eigenvalue weighted by Crippen LogP contribution is 2.02. The van der Waals surface area contributed by atoms with E-state index in [1.54, 1.807) is 4.90 Å². The number of carbonyl (C=O) groups excluding carboxylic acids is 2. The van der Waals surface area contributed by atoms with Crippen LogP contribution in [0.25, 0.3) is 0 Å². The van der Waals surface area contributed by atoms with Crippen LogP contribution < -0.4 is 10.6 Å². The molecule has 0 bridgehead atoms. The highest BCUT2D eigenvalue weighted by molar-refractivity contribution is 5.78. The monoisotopic (exact) mass is 304 g/mol. The maximum Gasteiger partial charge on any atom is 0.317 e. The van der Waals surface area contributed by atoms with Crippen LogP contribution in [-0.2, 0) is 11.3 Å². The van der Waals surface area contributed by atoms with Gasteiger partial charge in [-0.1, -0.05) is 30.3 Å². The summed E-state index contributed by atoms with van der Waals surface area (Å²) < 4.78 is 0. The van der Waals surface area contributed by atoms with Crippen molar-refractivity contribution >= 4 is 11.9 Å². The number of amides is 3. The molecule has 1 saturated heterocycles. The molecule has 0 aliphatic carbocycles. The fraction of sp³-hybridized carbons (Fsp3) is 0.500. The molecule has 120 valence electrons. The topological polar surface area (TPSA) is 64.7 Å². The van der Waals surface area contributed by atoms with Crippen LogP contribution >= 0.6 is 0 Å². The minimum absolute atomic E-state index is 0.0179. The molecule has 2 N–H and O–H groups in total. The Morgan fingerprint density at radius 2 is 1.73 bits per heavy atom. The third-order valence-corrected chi connectivity index (χ3v) is 3.69. The molecule has 0 atom stereocenters. The maximum atomic E-state index is 12.0. The van der Waals surface area contributed by atoms with Crippen LogP contribution in [0.2, 0.25) is 0 Å². The van der Waals surface area contributed by atoms with Crippen molar-refractivity contribution in [3.8, 4) is 0 Å². The van der Waals surface area contributed by atoms with Gasteiger partial charge in [-0.3, -0.25) is 9.69 Å². The van der Waals surface area contributed by atoms with Crippen molar-refractivity contribution in [1.29, 1.82) is 0 Å². The van der Waals surface area contributed by atoms with Gasteiger partial charge >= 0.3 is 6.03 Å². The molecular formula is C16H24N4O2. The average Bonchev–Trinajstić information content (AvgIpc) is 2.55. The van der Waals surface area contributed by atoms with Crippen LogP contribution in [0.3, 0.4) is 0 Å². The van der Waals surface area contributed by atoms with Gasteiger partial charge in [0.15, 0.2) is 0 Å². The van der Waals surface area contributed by atoms with Crippen LogP contribution in [0.5, 0.6) is 0 Å². The fourth-order valence-electron chi connectivity index (χ4n) is 2.43. The van der Waals surface area contributed by atoms with E-state index < -0.39 is 0 Å². The Morgan fingerprint density at radius 3 is 2.36 bits per heavy atom. The summed E-state index contributed by atoms with van der Waals surface area (Å²) in [6.07, 6.45) is 0. The summed E-state index contributed by atoms with van der Waals surface area (Å²) in [7, 11) is 0. The molecule has 0 radical (unpaired) electrons. The maximum absolute atomic E-state index is 12.0. The van der Waals surface area contributed by atoms with Gasteiger partial charge in [0.1, 0.15) is 0 Å². The van der Waals surface area contributed by atoms with Gasteiger partial charge in [-0.15, -0.1) is 0 Å². The lowest BCUT2D eigenvalue weighted by Crippen LogP contribution is -2.53. The molecule has 1 fully saturated rings. The zero-order valence-electron chi connectivity index (χ0n) is 13.0. The highest BCUT2D eigenvalue weighted by atomic mass is 16.2. The minimum Gasteiger partial charge on any atom is -0.351 e. The first-order valence-electron chi connectivity index (χ1n) is 7.74. The lowest BCUT2D eigenvalue weighted by Gasteiger charge is -2.34. The molecule has 6 heteroatoms. The van der Waals surface area contributed by atoms with E-state index in [2.05, 4.69) is 15.5 Å². The summed E-state index contributed by atoms with van der Waals surface area (Å²) in [6.45, 7) is 6.28. The number of nitrogens with one attached hydrogen (secondary N) is 2. The second-order valence-corrected chi connectivity index (χ2v) is 5.36. The molecule has 0 saturated carbocycles. The lowest BCUT2D eigenvalue weighted by molar-refractivity contribution is -0.122. The first-order valence-corrected chi connectivity index (χ1v) is 7.74. The number of piperazine rings is 1. The summed E-state index contributed by atoms with van der Waals surface area (Å²) in [4.78, 5) is 27.5. The van der Waals surface area contributed by atoms with Crippen LogP contribution in [0, 0.1) is 0 Å². The van der Waals surface area contributed by atoms with E-state index in [0.717, 1.165) is 18.7 Å². The molecule has 1 aromatic rings. The molecule has 0 spiro atoms. The van der Waals surface area contributed by atoms with E-state index >= 15 is 0 Å². The Balaban J connectivity index is 1.67. The highest BCUT2D eigenvalue weighted by Gasteiger charge is 2.21. The van der Waals surface area contributed by atoms with Crippen molar-refractivity contribution in [3.63, 3.8) is 0 Å². The largest absolute Gasteiger partial charge is 0.351 e. The second kappa shape index (κ2) is 8.38. The van der Waals surface area contributed by atoms with Crippen molar-refractivity contribution in [2.24, 2.45) is 0 Å². The minimum atomic E-state index is -0.0179. The summed E-state index contributed by atoms with van der Waals surface area (Å²) in [6, 6.07) is 9.84. The lowest BCUT2D eigenvalue weighted by atomic mass is 10.2. The Bertz CT molecular complexity index is 484. The zero-order valence-corrected chi connectivity index (χ0v) is 13.0. The summed E-state index contributed by atoms with van der Waals surface area (Å²) >= 11 is 0. The van der Waals surface area contributed by atoms with E-state index in [9.17, 15) is 9.59 Å². The summed E-state index contributed by atoms with van der Waals surface area (Å²) in [5, 5.41) is 5.73. The third kappa shape index (κ3) is 5.04. The van der Waals surface area contributed by atoms with Gasteiger partial charge < -0.3 is 15.5 Å². The molecule has 0 unspecified atom stereocenters. The molecule has 1 aliphatic heterocycles. The van der Waals surface area contributed by atoms with E-state index in [1.165, 1.54) is 0 Å². The molecule has 2 rings (SSSR count). The quantitative estimate of drug-likeness (QED) is 0.839. The molecular weight excluding hydrogens is 280 g/mol. The van der Waals surface area contributed by atoms with Gasteiger partial charge in [0, 0.05) is 39.3 Å². The molecule has 22 heavy (non-hydrogen) atoms. The summed E-state index contributed by atoms with van der Waals surface area (Å²) in [5.74, 6) is 0.0234. The standard InChI is InChI=1S/C16H24N4O2/c1-2-17-16(22)20-10-8-19(9-11-20)13-15(21)18-12-14-6-4-3-5-7-14/h3-7H,2,8-13H2,1H3,(H,17,22)(H,18,21). The number of nitrogens with zero attached hydrogens (tertiary/aromatic N) is 2. The van der Waals surface area contributed by atoms with Gasteiger partial charge in [0.25, 0.3) is 0 Å². The molecule has 1 heterocycles. The zero-order chi connectivity index (χ0) is 15.8. The van der Waals surface area contributed by atoms with Crippen molar-refractivity contribution < 1.29 is 9.59 Å². The Hall–Kier alpha value is -2.08.